The summed E-state index contributed by atoms with van der Waals surface area (Å²) >= 11 is 6.02. The van der Waals surface area contributed by atoms with Crippen LogP contribution in [0.15, 0.2) is 83.8 Å². The third kappa shape index (κ3) is 10.2. The summed E-state index contributed by atoms with van der Waals surface area (Å²) in [7, 11) is -3.26. The lowest BCUT2D eigenvalue weighted by molar-refractivity contribution is -0.192. The van der Waals surface area contributed by atoms with Crippen LogP contribution < -0.4 is 19.9 Å². The van der Waals surface area contributed by atoms with Crippen LogP contribution in [0.5, 0.6) is 11.5 Å². The first-order valence-electron chi connectivity index (χ1n) is 17.3. The smallest absolute Gasteiger partial charge is 0.490 e. The zero-order valence-electron chi connectivity index (χ0n) is 29.5. The third-order valence-electron chi connectivity index (χ3n) is 9.42. The minimum absolute atomic E-state index is 0.123. The van der Waals surface area contributed by atoms with Crippen molar-refractivity contribution in [1.82, 2.24) is 9.62 Å². The summed E-state index contributed by atoms with van der Waals surface area (Å²) in [5, 5.41) is 8.96. The van der Waals surface area contributed by atoms with E-state index in [0.29, 0.717) is 40.1 Å². The van der Waals surface area contributed by atoms with Gasteiger partial charge in [0.05, 0.1) is 18.1 Å². The number of ether oxygens (including phenoxy) is 2. The standard InChI is InChI=1S/C36H38ClF2N3O5S.C2HF3O2/c1-46-33-22-26(10-15-32(33)23-6-11-27(37)12-7-23)36(38,39)34(35(43)42-18-16-28(40)17-19-42)41-48(44,45)31-14-9-24-20-30(13-8-25(24)21-31)47-29-4-2-3-5-29;3-2(4,5)1(6)7/h6-15,20-22,28-29,34,41H,2-5,16-19,40H2,1H3;(H,6,7). The maximum Gasteiger partial charge on any atom is 0.490 e. The number of carbonyl (C=O) groups excluding carboxylic acids is 1. The number of amides is 1. The number of hydrogen-bond acceptors (Lipinski definition) is 7. The number of nitrogens with one attached hydrogen (secondary N) is 1. The molecule has 4 aromatic rings. The Morgan fingerprint density at radius 1 is 0.891 bits per heavy atom. The van der Waals surface area contributed by atoms with Crippen LogP contribution in [0.25, 0.3) is 21.9 Å². The van der Waals surface area contributed by atoms with E-state index in [4.69, 9.17) is 36.7 Å². The van der Waals surface area contributed by atoms with Gasteiger partial charge in [0.25, 0.3) is 5.92 Å². The van der Waals surface area contributed by atoms with Gasteiger partial charge in [0, 0.05) is 35.3 Å². The Kier molecular flexibility index (Phi) is 12.9. The molecule has 296 valence electrons. The summed E-state index contributed by atoms with van der Waals surface area (Å²) in [5.41, 5.74) is 6.62. The van der Waals surface area contributed by atoms with E-state index < -0.39 is 45.6 Å². The van der Waals surface area contributed by atoms with E-state index in [2.05, 4.69) is 4.72 Å². The van der Waals surface area contributed by atoms with E-state index in [9.17, 15) is 26.4 Å². The first-order valence-corrected chi connectivity index (χ1v) is 19.1. The highest BCUT2D eigenvalue weighted by Crippen LogP contribution is 2.40. The van der Waals surface area contributed by atoms with Crippen molar-refractivity contribution in [3.05, 3.63) is 89.4 Å². The van der Waals surface area contributed by atoms with Gasteiger partial charge in [-0.25, -0.2) is 13.2 Å². The maximum absolute atomic E-state index is 16.6. The molecule has 10 nitrogen and oxygen atoms in total. The van der Waals surface area contributed by atoms with Crippen molar-refractivity contribution in [2.45, 2.75) is 73.7 Å². The molecular formula is C38H39ClF5N3O7S. The molecule has 0 aromatic heterocycles. The van der Waals surface area contributed by atoms with Crippen molar-refractivity contribution in [2.24, 2.45) is 5.73 Å². The first kappa shape index (κ1) is 41.6. The number of carboxylic acids is 1. The monoisotopic (exact) mass is 811 g/mol. The number of piperidine rings is 1. The predicted molar refractivity (Wildman–Crippen MR) is 196 cm³/mol. The lowest BCUT2D eigenvalue weighted by Gasteiger charge is -2.35. The largest absolute Gasteiger partial charge is 0.496 e. The molecule has 2 aliphatic rings. The van der Waals surface area contributed by atoms with Crippen molar-refractivity contribution in [1.29, 1.82) is 0 Å². The van der Waals surface area contributed by atoms with Crippen molar-refractivity contribution >= 4 is 44.3 Å². The molecule has 1 saturated heterocycles. The Hall–Kier alpha value is -4.51. The van der Waals surface area contributed by atoms with Crippen LogP contribution in [0, 0.1) is 0 Å². The number of nitrogens with zero attached hydrogens (tertiary/aromatic N) is 1. The second-order valence-electron chi connectivity index (χ2n) is 13.3. The Morgan fingerprint density at radius 2 is 1.49 bits per heavy atom. The van der Waals surface area contributed by atoms with Crippen LogP contribution in [0.4, 0.5) is 22.0 Å². The number of rotatable bonds is 10. The average molecular weight is 812 g/mol. The number of carboxylic acid groups (broad SMARTS) is 1. The third-order valence-corrected chi connectivity index (χ3v) is 11.1. The maximum atomic E-state index is 16.6. The lowest BCUT2D eigenvalue weighted by atomic mass is 9.95. The van der Waals surface area contributed by atoms with Gasteiger partial charge in [0.1, 0.15) is 11.5 Å². The number of fused-ring (bicyclic) bond motifs is 1. The molecule has 55 heavy (non-hydrogen) atoms. The van der Waals surface area contributed by atoms with Crippen molar-refractivity contribution in [2.75, 3.05) is 20.2 Å². The number of sulfonamides is 1. The van der Waals surface area contributed by atoms with Crippen LogP contribution in [-0.4, -0.2) is 74.9 Å². The van der Waals surface area contributed by atoms with Gasteiger partial charge in [-0.1, -0.05) is 48.0 Å². The highest BCUT2D eigenvalue weighted by Gasteiger charge is 2.50. The van der Waals surface area contributed by atoms with E-state index >= 15 is 8.78 Å². The quantitative estimate of drug-likeness (QED) is 0.140. The fourth-order valence-corrected chi connectivity index (χ4v) is 7.73. The molecule has 1 saturated carbocycles. The molecule has 0 radical (unpaired) electrons. The number of aliphatic carboxylic acids is 1. The Morgan fingerprint density at radius 3 is 2.09 bits per heavy atom. The molecule has 0 bridgehead atoms. The molecule has 1 amide bonds. The molecule has 0 spiro atoms. The lowest BCUT2D eigenvalue weighted by Crippen LogP contribution is -2.58. The molecule has 6 rings (SSSR count). The summed E-state index contributed by atoms with van der Waals surface area (Å²) < 4.78 is 106. The number of alkyl halides is 5. The predicted octanol–water partition coefficient (Wildman–Crippen LogP) is 7.51. The van der Waals surface area contributed by atoms with Crippen LogP contribution in [0.2, 0.25) is 5.02 Å². The van der Waals surface area contributed by atoms with E-state index in [1.807, 2.05) is 6.07 Å². The number of methoxy groups -OCH3 is 1. The topological polar surface area (TPSA) is 148 Å². The second-order valence-corrected chi connectivity index (χ2v) is 15.4. The number of benzene rings is 4. The highest BCUT2D eigenvalue weighted by molar-refractivity contribution is 7.89. The molecule has 1 heterocycles. The van der Waals surface area contributed by atoms with Crippen LogP contribution >= 0.6 is 11.6 Å². The molecule has 2 fully saturated rings. The minimum atomic E-state index is -5.08. The molecule has 1 unspecified atom stereocenters. The SMILES string of the molecule is COc1cc(C(F)(F)C(NS(=O)(=O)c2ccc3cc(OC4CCCC4)ccc3c2)C(=O)N2CCC(N)CC2)ccc1-c1ccc(Cl)cc1.O=C(O)C(F)(F)F. The second kappa shape index (κ2) is 17.1. The number of halogens is 6. The summed E-state index contributed by atoms with van der Waals surface area (Å²) in [6.07, 6.45) is 0.149. The molecule has 4 aromatic carbocycles. The van der Waals surface area contributed by atoms with Crippen LogP contribution in [0.1, 0.15) is 44.1 Å². The molecule has 1 atom stereocenters. The summed E-state index contributed by atoms with van der Waals surface area (Å²) in [4.78, 5) is 23.7. The van der Waals surface area contributed by atoms with Crippen molar-refractivity contribution < 1.29 is 54.5 Å². The van der Waals surface area contributed by atoms with Gasteiger partial charge in [-0.2, -0.15) is 26.7 Å². The van der Waals surface area contributed by atoms with Crippen molar-refractivity contribution in [3.8, 4) is 22.6 Å². The zero-order valence-corrected chi connectivity index (χ0v) is 31.1. The summed E-state index contributed by atoms with van der Waals surface area (Å²) in [6, 6.07) is 17.6. The van der Waals surface area contributed by atoms with Crippen LogP contribution in [0.3, 0.4) is 0 Å². The number of hydrogen-bond donors (Lipinski definition) is 3. The molecule has 17 heteroatoms. The average Bonchev–Trinajstić information content (AvgIpc) is 3.66. The fourth-order valence-electron chi connectivity index (χ4n) is 6.38. The van der Waals surface area contributed by atoms with E-state index in [1.54, 1.807) is 42.5 Å². The normalized spacial score (nSPS) is 16.3. The Bertz CT molecular complexity index is 2110. The van der Waals surface area contributed by atoms with Gasteiger partial charge in [-0.3, -0.25) is 4.79 Å². The highest BCUT2D eigenvalue weighted by atomic mass is 35.5. The van der Waals surface area contributed by atoms with Gasteiger partial charge in [-0.05, 0) is 97.3 Å². The van der Waals surface area contributed by atoms with Gasteiger partial charge >= 0.3 is 12.1 Å². The first-order chi connectivity index (χ1) is 25.9. The Labute approximate surface area is 319 Å². The minimum Gasteiger partial charge on any atom is -0.496 e. The molecule has 4 N–H and O–H groups in total. The van der Waals surface area contributed by atoms with Gasteiger partial charge in [0.2, 0.25) is 15.9 Å². The molecular weight excluding hydrogens is 773 g/mol. The number of likely N-dealkylation sites (tertiary alicyclic amines) is 1. The summed E-state index contributed by atoms with van der Waals surface area (Å²) in [5.74, 6) is -6.96. The number of carbonyl (C=O) groups is 2. The van der Waals surface area contributed by atoms with Gasteiger partial charge < -0.3 is 25.2 Å². The van der Waals surface area contributed by atoms with E-state index in [-0.39, 0.29) is 35.9 Å². The zero-order chi connectivity index (χ0) is 40.1. The van der Waals surface area contributed by atoms with Gasteiger partial charge in [-0.15, -0.1) is 0 Å². The molecule has 1 aliphatic carbocycles. The number of nitrogens with two attached hydrogens (primary N) is 1. The Balaban J connectivity index is 0.000000757. The van der Waals surface area contributed by atoms with E-state index in [1.165, 1.54) is 36.3 Å². The summed E-state index contributed by atoms with van der Waals surface area (Å²) in [6.45, 7) is 0.267. The van der Waals surface area contributed by atoms with Crippen LogP contribution in [-0.2, 0) is 25.5 Å². The van der Waals surface area contributed by atoms with E-state index in [0.717, 1.165) is 37.1 Å². The fraction of sp³-hybridized carbons (Fsp3) is 0.368. The van der Waals surface area contributed by atoms with Gasteiger partial charge in [0.15, 0.2) is 6.04 Å². The van der Waals surface area contributed by atoms with Crippen molar-refractivity contribution in [3.63, 3.8) is 0 Å². The molecule has 1 aliphatic heterocycles.